The Balaban J connectivity index is 2.51. The summed E-state index contributed by atoms with van der Waals surface area (Å²) in [6.07, 6.45) is 0. The zero-order valence-corrected chi connectivity index (χ0v) is 11.4. The van der Waals surface area contributed by atoms with Crippen LogP contribution in [0.4, 0.5) is 4.79 Å². The highest BCUT2D eigenvalue weighted by Gasteiger charge is 2.32. The molecule has 0 saturated carbocycles. The highest BCUT2D eigenvalue weighted by Crippen LogP contribution is 2.28. The molecule has 1 unspecified atom stereocenters. The quantitative estimate of drug-likeness (QED) is 0.789. The van der Waals surface area contributed by atoms with Crippen LogP contribution in [0.15, 0.2) is 35.5 Å². The largest absolute Gasteiger partial charge is 0.478 e. The highest BCUT2D eigenvalue weighted by atomic mass is 35.5. The Morgan fingerprint density at radius 3 is 2.85 bits per heavy atom. The van der Waals surface area contributed by atoms with Gasteiger partial charge in [-0.2, -0.15) is 0 Å². The van der Waals surface area contributed by atoms with E-state index in [1.165, 1.54) is 7.11 Å². The number of ether oxygens (including phenoxy) is 1. The molecule has 0 spiro atoms. The van der Waals surface area contributed by atoms with Crippen molar-refractivity contribution in [1.29, 1.82) is 0 Å². The molecule has 106 valence electrons. The zero-order valence-electron chi connectivity index (χ0n) is 10.6. The normalized spacial score (nSPS) is 18.5. The number of methoxy groups -OCH3 is 1. The SMILES string of the molecule is COCC1=C(C(=O)O)C(c2cccc(Cl)c2)NC(=O)N1. The van der Waals surface area contributed by atoms with Crippen LogP contribution in [0.25, 0.3) is 0 Å². The molecule has 7 heteroatoms. The molecule has 0 bridgehead atoms. The first-order valence-corrected chi connectivity index (χ1v) is 6.19. The molecule has 1 aliphatic rings. The van der Waals surface area contributed by atoms with E-state index in [1.54, 1.807) is 24.3 Å². The van der Waals surface area contributed by atoms with Crippen LogP contribution in [0.5, 0.6) is 0 Å². The molecule has 1 aromatic rings. The minimum Gasteiger partial charge on any atom is -0.478 e. The van der Waals surface area contributed by atoms with Crippen molar-refractivity contribution in [3.8, 4) is 0 Å². The molecule has 2 rings (SSSR count). The number of benzene rings is 1. The molecule has 1 aliphatic heterocycles. The third-order valence-corrected chi connectivity index (χ3v) is 3.09. The average Bonchev–Trinajstić information content (AvgIpc) is 2.38. The average molecular weight is 297 g/mol. The fourth-order valence-electron chi connectivity index (χ4n) is 2.06. The molecule has 0 radical (unpaired) electrons. The fourth-order valence-corrected chi connectivity index (χ4v) is 2.26. The zero-order chi connectivity index (χ0) is 14.7. The summed E-state index contributed by atoms with van der Waals surface area (Å²) in [4.78, 5) is 23.1. The van der Waals surface area contributed by atoms with Gasteiger partial charge < -0.3 is 20.5 Å². The maximum absolute atomic E-state index is 11.6. The number of nitrogens with one attached hydrogen (secondary N) is 2. The molecule has 0 aliphatic carbocycles. The molecule has 0 aromatic heterocycles. The van der Waals surface area contributed by atoms with E-state index in [-0.39, 0.29) is 17.9 Å². The van der Waals surface area contributed by atoms with Crippen LogP contribution in [0.3, 0.4) is 0 Å². The van der Waals surface area contributed by atoms with Crippen LogP contribution in [-0.2, 0) is 9.53 Å². The number of aliphatic carboxylic acids is 1. The first-order chi connectivity index (χ1) is 9.52. The molecular weight excluding hydrogens is 284 g/mol. The van der Waals surface area contributed by atoms with Crippen LogP contribution in [0.1, 0.15) is 11.6 Å². The topological polar surface area (TPSA) is 87.7 Å². The minimum atomic E-state index is -1.13. The second-order valence-corrected chi connectivity index (χ2v) is 4.65. The van der Waals surface area contributed by atoms with Crippen molar-refractivity contribution in [2.45, 2.75) is 6.04 Å². The van der Waals surface area contributed by atoms with Crippen LogP contribution >= 0.6 is 11.6 Å². The van der Waals surface area contributed by atoms with Crippen molar-refractivity contribution < 1.29 is 19.4 Å². The van der Waals surface area contributed by atoms with Crippen molar-refractivity contribution in [2.75, 3.05) is 13.7 Å². The van der Waals surface area contributed by atoms with Gasteiger partial charge >= 0.3 is 12.0 Å². The lowest BCUT2D eigenvalue weighted by atomic mass is 9.95. The third kappa shape index (κ3) is 2.92. The summed E-state index contributed by atoms with van der Waals surface area (Å²) in [5.41, 5.74) is 0.862. The number of amides is 2. The van der Waals surface area contributed by atoms with Gasteiger partial charge in [0.1, 0.15) is 0 Å². The van der Waals surface area contributed by atoms with Gasteiger partial charge in [-0.3, -0.25) is 0 Å². The lowest BCUT2D eigenvalue weighted by molar-refractivity contribution is -0.133. The summed E-state index contributed by atoms with van der Waals surface area (Å²) in [7, 11) is 1.43. The van der Waals surface area contributed by atoms with Crippen LogP contribution in [0.2, 0.25) is 5.02 Å². The Morgan fingerprint density at radius 1 is 1.50 bits per heavy atom. The van der Waals surface area contributed by atoms with Gasteiger partial charge in [0.15, 0.2) is 0 Å². The van der Waals surface area contributed by atoms with E-state index in [9.17, 15) is 14.7 Å². The number of hydrogen-bond donors (Lipinski definition) is 3. The first kappa shape index (κ1) is 14.4. The Morgan fingerprint density at radius 2 is 2.25 bits per heavy atom. The molecule has 20 heavy (non-hydrogen) atoms. The fraction of sp³-hybridized carbons (Fsp3) is 0.231. The summed E-state index contributed by atoms with van der Waals surface area (Å²) in [5, 5.41) is 14.9. The van der Waals surface area contributed by atoms with Gasteiger partial charge in [0.2, 0.25) is 0 Å². The van der Waals surface area contributed by atoms with Crippen molar-refractivity contribution in [2.24, 2.45) is 0 Å². The summed E-state index contributed by atoms with van der Waals surface area (Å²) >= 11 is 5.91. The molecule has 0 fully saturated rings. The molecule has 0 saturated heterocycles. The number of carboxylic acid groups (broad SMARTS) is 1. The predicted octanol–water partition coefficient (Wildman–Crippen LogP) is 1.68. The third-order valence-electron chi connectivity index (χ3n) is 2.85. The van der Waals surface area contributed by atoms with Gasteiger partial charge in [0.05, 0.1) is 23.9 Å². The predicted molar refractivity (Wildman–Crippen MR) is 72.4 cm³/mol. The summed E-state index contributed by atoms with van der Waals surface area (Å²) in [5.74, 6) is -1.13. The van der Waals surface area contributed by atoms with E-state index in [1.807, 2.05) is 0 Å². The van der Waals surface area contributed by atoms with E-state index in [2.05, 4.69) is 10.6 Å². The Hall–Kier alpha value is -2.05. The molecule has 1 heterocycles. The monoisotopic (exact) mass is 296 g/mol. The Bertz CT molecular complexity index is 585. The van der Waals surface area contributed by atoms with Gasteiger partial charge in [-0.1, -0.05) is 23.7 Å². The molecule has 1 atom stereocenters. The molecule has 1 aromatic carbocycles. The van der Waals surface area contributed by atoms with E-state index < -0.39 is 18.0 Å². The maximum atomic E-state index is 11.6. The smallest absolute Gasteiger partial charge is 0.335 e. The second-order valence-electron chi connectivity index (χ2n) is 4.22. The summed E-state index contributed by atoms with van der Waals surface area (Å²) < 4.78 is 4.93. The Labute approximate surface area is 120 Å². The number of carboxylic acids is 1. The van der Waals surface area contributed by atoms with Crippen molar-refractivity contribution in [1.82, 2.24) is 10.6 Å². The van der Waals surface area contributed by atoms with E-state index in [0.29, 0.717) is 10.6 Å². The van der Waals surface area contributed by atoms with Gasteiger partial charge in [-0.05, 0) is 17.7 Å². The van der Waals surface area contributed by atoms with Gasteiger partial charge in [-0.15, -0.1) is 0 Å². The summed E-state index contributed by atoms with van der Waals surface area (Å²) in [6.45, 7) is 0.00607. The molecule has 3 N–H and O–H groups in total. The lowest BCUT2D eigenvalue weighted by Crippen LogP contribution is -2.46. The van der Waals surface area contributed by atoms with Crippen LogP contribution in [0, 0.1) is 0 Å². The van der Waals surface area contributed by atoms with Gasteiger partial charge in [0, 0.05) is 12.1 Å². The van der Waals surface area contributed by atoms with Crippen molar-refractivity contribution in [3.05, 3.63) is 46.1 Å². The molecule has 6 nitrogen and oxygen atoms in total. The number of carbonyl (C=O) groups is 2. The van der Waals surface area contributed by atoms with Gasteiger partial charge in [-0.25, -0.2) is 9.59 Å². The molecular formula is C13H13ClN2O4. The number of halogens is 1. The molecule has 2 amide bonds. The van der Waals surface area contributed by atoms with Gasteiger partial charge in [0.25, 0.3) is 0 Å². The van der Waals surface area contributed by atoms with E-state index in [4.69, 9.17) is 16.3 Å². The number of hydrogen-bond acceptors (Lipinski definition) is 3. The number of urea groups is 1. The number of rotatable bonds is 4. The van der Waals surface area contributed by atoms with Crippen molar-refractivity contribution in [3.63, 3.8) is 0 Å². The standard InChI is InChI=1S/C13H13ClN2O4/c1-20-6-9-10(12(17)18)11(16-13(19)15-9)7-3-2-4-8(14)5-7/h2-5,11H,6H2,1H3,(H,17,18)(H2,15,16,19). The van der Waals surface area contributed by atoms with Crippen LogP contribution < -0.4 is 10.6 Å². The number of carbonyl (C=O) groups excluding carboxylic acids is 1. The maximum Gasteiger partial charge on any atom is 0.335 e. The first-order valence-electron chi connectivity index (χ1n) is 5.81. The Kier molecular flexibility index (Phi) is 4.26. The minimum absolute atomic E-state index is 0.00607. The van der Waals surface area contributed by atoms with E-state index >= 15 is 0 Å². The van der Waals surface area contributed by atoms with Crippen LogP contribution in [-0.4, -0.2) is 30.8 Å². The summed E-state index contributed by atoms with van der Waals surface area (Å²) in [6, 6.07) is 5.44. The second kappa shape index (κ2) is 5.94. The lowest BCUT2D eigenvalue weighted by Gasteiger charge is -2.28. The van der Waals surface area contributed by atoms with E-state index in [0.717, 1.165) is 0 Å². The highest BCUT2D eigenvalue weighted by molar-refractivity contribution is 6.30. The van der Waals surface area contributed by atoms with Crippen molar-refractivity contribution >= 4 is 23.6 Å².